The van der Waals surface area contributed by atoms with E-state index >= 15 is 0 Å². The van der Waals surface area contributed by atoms with Crippen LogP contribution in [0.25, 0.3) is 0 Å². The molecule has 0 aliphatic rings. The van der Waals surface area contributed by atoms with Crippen molar-refractivity contribution in [2.75, 3.05) is 24.1 Å². The van der Waals surface area contributed by atoms with Crippen molar-refractivity contribution in [3.63, 3.8) is 0 Å². The van der Waals surface area contributed by atoms with Crippen LogP contribution in [-0.4, -0.2) is 33.7 Å². The highest BCUT2D eigenvalue weighted by Crippen LogP contribution is 2.21. The first-order chi connectivity index (χ1) is 13.2. The minimum atomic E-state index is -3.34. The third-order valence-corrected chi connectivity index (χ3v) is 4.91. The van der Waals surface area contributed by atoms with E-state index in [4.69, 9.17) is 0 Å². The smallest absolute Gasteiger partial charge is 0.229 e. The number of anilines is 1. The van der Waals surface area contributed by atoms with Crippen LogP contribution in [-0.2, 0) is 22.0 Å². The van der Waals surface area contributed by atoms with Gasteiger partial charge in [-0.3, -0.25) is 4.72 Å². The minimum Gasteiger partial charge on any atom is -0.357 e. The van der Waals surface area contributed by atoms with Crippen LogP contribution in [0.3, 0.4) is 0 Å². The van der Waals surface area contributed by atoms with E-state index in [2.05, 4.69) is 46.3 Å². The summed E-state index contributed by atoms with van der Waals surface area (Å²) in [6.07, 6.45) is 1.14. The van der Waals surface area contributed by atoms with Crippen LogP contribution >= 0.6 is 24.0 Å². The molecule has 0 aliphatic carbocycles. The number of halogens is 1. The number of hydrogen-bond acceptors (Lipinski definition) is 3. The van der Waals surface area contributed by atoms with Gasteiger partial charge >= 0.3 is 0 Å². The fourth-order valence-corrected chi connectivity index (χ4v) is 3.36. The number of benzene rings is 2. The summed E-state index contributed by atoms with van der Waals surface area (Å²) in [5.41, 5.74) is 2.55. The van der Waals surface area contributed by atoms with Crippen LogP contribution in [0, 0.1) is 0 Å². The molecule has 160 valence electrons. The molecule has 0 amide bonds. The van der Waals surface area contributed by atoms with Gasteiger partial charge in [0.05, 0.1) is 18.5 Å². The van der Waals surface area contributed by atoms with Crippen molar-refractivity contribution >= 4 is 45.6 Å². The van der Waals surface area contributed by atoms with E-state index in [-0.39, 0.29) is 29.4 Å². The molecule has 29 heavy (non-hydrogen) atoms. The molecule has 0 spiro atoms. The van der Waals surface area contributed by atoms with E-state index in [0.29, 0.717) is 24.7 Å². The van der Waals surface area contributed by atoms with Gasteiger partial charge in [-0.2, -0.15) is 0 Å². The first-order valence-corrected chi connectivity index (χ1v) is 11.2. The van der Waals surface area contributed by atoms with E-state index in [1.54, 1.807) is 12.1 Å². The van der Waals surface area contributed by atoms with Gasteiger partial charge in [-0.25, -0.2) is 13.4 Å². The van der Waals surface area contributed by atoms with Crippen molar-refractivity contribution in [3.05, 3.63) is 65.7 Å². The molecule has 3 N–H and O–H groups in total. The number of nitrogens with one attached hydrogen (secondary N) is 3. The Labute approximate surface area is 191 Å². The molecule has 0 aromatic heterocycles. The number of guanidine groups is 1. The maximum atomic E-state index is 11.6. The number of sulfonamides is 1. The van der Waals surface area contributed by atoms with Gasteiger partial charge in [-0.15, -0.1) is 24.0 Å². The molecular weight excluding hydrogens is 499 g/mol. The number of rotatable bonds is 8. The van der Waals surface area contributed by atoms with Crippen LogP contribution in [0.5, 0.6) is 0 Å². The summed E-state index contributed by atoms with van der Waals surface area (Å²) < 4.78 is 25.7. The number of aliphatic imine (C=N–C) groups is 1. The molecule has 0 aliphatic heterocycles. The van der Waals surface area contributed by atoms with Crippen molar-refractivity contribution in [2.24, 2.45) is 4.99 Å². The fraction of sp³-hybridized carbons (Fsp3) is 0.381. The molecule has 2 aromatic carbocycles. The van der Waals surface area contributed by atoms with E-state index in [0.717, 1.165) is 18.4 Å². The normalized spacial score (nSPS) is 12.1. The molecule has 0 bridgehead atoms. The molecule has 0 heterocycles. The molecule has 0 saturated heterocycles. The van der Waals surface area contributed by atoms with Crippen LogP contribution in [0.15, 0.2) is 59.6 Å². The highest BCUT2D eigenvalue weighted by molar-refractivity contribution is 14.0. The standard InChI is InChI=1S/C21H30N4O2S.HI/c1-5-22-20(24-16-21(2,3)18-12-7-6-8-13-18)23-15-17-11-9-10-14-19(17)25-28(4,26)27;/h6-14,25H,5,15-16H2,1-4H3,(H2,22,23,24);1H. The lowest BCUT2D eigenvalue weighted by Gasteiger charge is -2.26. The van der Waals surface area contributed by atoms with Gasteiger partial charge in [0.25, 0.3) is 0 Å². The molecule has 0 radical (unpaired) electrons. The Hall–Kier alpha value is -1.81. The zero-order valence-corrected chi connectivity index (χ0v) is 20.5. The first kappa shape index (κ1) is 25.2. The Morgan fingerprint density at radius 1 is 1.00 bits per heavy atom. The molecule has 2 aromatic rings. The minimum absolute atomic E-state index is 0. The summed E-state index contributed by atoms with van der Waals surface area (Å²) in [6, 6.07) is 17.6. The third-order valence-electron chi connectivity index (χ3n) is 4.32. The lowest BCUT2D eigenvalue weighted by atomic mass is 9.85. The van der Waals surface area contributed by atoms with E-state index in [1.807, 2.05) is 37.3 Å². The van der Waals surface area contributed by atoms with Gasteiger partial charge in [0.15, 0.2) is 5.96 Å². The average molecular weight is 530 g/mol. The van der Waals surface area contributed by atoms with Crippen LogP contribution in [0.2, 0.25) is 0 Å². The van der Waals surface area contributed by atoms with Crippen LogP contribution < -0.4 is 15.4 Å². The van der Waals surface area contributed by atoms with Gasteiger partial charge in [0, 0.05) is 18.5 Å². The Balaban J connectivity index is 0.00000420. The van der Waals surface area contributed by atoms with Gasteiger partial charge in [0.1, 0.15) is 0 Å². The van der Waals surface area contributed by atoms with E-state index in [1.165, 1.54) is 5.56 Å². The Morgan fingerprint density at radius 2 is 1.62 bits per heavy atom. The maximum absolute atomic E-state index is 11.6. The highest BCUT2D eigenvalue weighted by Gasteiger charge is 2.20. The summed E-state index contributed by atoms with van der Waals surface area (Å²) in [5.74, 6) is 0.695. The van der Waals surface area contributed by atoms with Gasteiger partial charge in [-0.1, -0.05) is 62.4 Å². The van der Waals surface area contributed by atoms with Gasteiger partial charge in [0.2, 0.25) is 10.0 Å². The van der Waals surface area contributed by atoms with E-state index < -0.39 is 10.0 Å². The molecule has 0 saturated carbocycles. The Morgan fingerprint density at radius 3 is 2.24 bits per heavy atom. The largest absolute Gasteiger partial charge is 0.357 e. The Bertz CT molecular complexity index is 900. The van der Waals surface area contributed by atoms with Crippen LogP contribution in [0.4, 0.5) is 5.69 Å². The lowest BCUT2D eigenvalue weighted by Crippen LogP contribution is -2.43. The second-order valence-electron chi connectivity index (χ2n) is 7.33. The van der Waals surface area contributed by atoms with Crippen LogP contribution in [0.1, 0.15) is 31.9 Å². The van der Waals surface area contributed by atoms with Gasteiger partial charge in [-0.05, 0) is 24.1 Å². The van der Waals surface area contributed by atoms with Crippen molar-refractivity contribution in [3.8, 4) is 0 Å². The molecule has 6 nitrogen and oxygen atoms in total. The summed E-state index contributed by atoms with van der Waals surface area (Å²) in [4.78, 5) is 4.63. The monoisotopic (exact) mass is 530 g/mol. The van der Waals surface area contributed by atoms with Crippen molar-refractivity contribution < 1.29 is 8.42 Å². The molecule has 8 heteroatoms. The van der Waals surface area contributed by atoms with Gasteiger partial charge < -0.3 is 10.6 Å². The number of para-hydroxylation sites is 1. The van der Waals surface area contributed by atoms with E-state index in [9.17, 15) is 8.42 Å². The fourth-order valence-electron chi connectivity index (χ4n) is 2.76. The maximum Gasteiger partial charge on any atom is 0.229 e. The second kappa shape index (κ2) is 11.4. The first-order valence-electron chi connectivity index (χ1n) is 9.34. The quantitative estimate of drug-likeness (QED) is 0.276. The SMILES string of the molecule is CCNC(=NCc1ccccc1NS(C)(=O)=O)NCC(C)(C)c1ccccc1.I. The zero-order chi connectivity index (χ0) is 20.6. The number of nitrogens with zero attached hydrogens (tertiary/aromatic N) is 1. The summed E-state index contributed by atoms with van der Waals surface area (Å²) >= 11 is 0. The van der Waals surface area contributed by atoms with Crippen molar-refractivity contribution in [1.82, 2.24) is 10.6 Å². The third kappa shape index (κ3) is 8.61. The summed E-state index contributed by atoms with van der Waals surface area (Å²) in [5, 5.41) is 6.64. The second-order valence-corrected chi connectivity index (χ2v) is 9.08. The zero-order valence-electron chi connectivity index (χ0n) is 17.4. The summed E-state index contributed by atoms with van der Waals surface area (Å²) in [7, 11) is -3.34. The highest BCUT2D eigenvalue weighted by atomic mass is 127. The predicted molar refractivity (Wildman–Crippen MR) is 133 cm³/mol. The lowest BCUT2D eigenvalue weighted by molar-refractivity contribution is 0.508. The molecule has 2 rings (SSSR count). The average Bonchev–Trinajstić information content (AvgIpc) is 2.64. The molecule has 0 unspecified atom stereocenters. The molecular formula is C21H31IN4O2S. The molecule has 0 atom stereocenters. The predicted octanol–water partition coefficient (Wildman–Crippen LogP) is 3.71. The Kier molecular flexibility index (Phi) is 9.91. The topological polar surface area (TPSA) is 82.6 Å². The molecule has 0 fully saturated rings. The van der Waals surface area contributed by atoms with Crippen molar-refractivity contribution in [1.29, 1.82) is 0 Å². The van der Waals surface area contributed by atoms with Crippen molar-refractivity contribution in [2.45, 2.75) is 32.7 Å². The number of hydrogen-bond donors (Lipinski definition) is 3. The summed E-state index contributed by atoms with van der Waals surface area (Å²) in [6.45, 7) is 8.19.